The van der Waals surface area contributed by atoms with Crippen LogP contribution < -0.4 is 14.8 Å². The summed E-state index contributed by atoms with van der Waals surface area (Å²) in [5.74, 6) is 2.68. The molecular formula is C16H21NO3. The summed E-state index contributed by atoms with van der Waals surface area (Å²) in [5.41, 5.74) is 1.19. The van der Waals surface area contributed by atoms with E-state index in [0.717, 1.165) is 17.9 Å². The van der Waals surface area contributed by atoms with Gasteiger partial charge >= 0.3 is 0 Å². The summed E-state index contributed by atoms with van der Waals surface area (Å²) in [4.78, 5) is 11.7. The summed E-state index contributed by atoms with van der Waals surface area (Å²) < 4.78 is 11.4. The Morgan fingerprint density at radius 1 is 1.30 bits per heavy atom. The molecule has 1 atom stereocenters. The lowest BCUT2D eigenvalue weighted by Crippen LogP contribution is -2.21. The monoisotopic (exact) mass is 275 g/mol. The van der Waals surface area contributed by atoms with Crippen LogP contribution in [0.15, 0.2) is 18.2 Å². The lowest BCUT2D eigenvalue weighted by atomic mass is 9.90. The van der Waals surface area contributed by atoms with E-state index in [1.165, 1.54) is 18.4 Å². The number of fused-ring (bicyclic) bond motifs is 1. The van der Waals surface area contributed by atoms with Crippen molar-refractivity contribution < 1.29 is 14.3 Å². The van der Waals surface area contributed by atoms with Gasteiger partial charge in [0.1, 0.15) is 0 Å². The van der Waals surface area contributed by atoms with Gasteiger partial charge in [0.15, 0.2) is 11.5 Å². The average molecular weight is 275 g/mol. The molecule has 108 valence electrons. The molecule has 3 rings (SSSR count). The molecule has 4 nitrogen and oxygen atoms in total. The molecule has 1 aromatic carbocycles. The highest BCUT2D eigenvalue weighted by atomic mass is 16.5. The van der Waals surface area contributed by atoms with Gasteiger partial charge in [-0.2, -0.15) is 0 Å². The lowest BCUT2D eigenvalue weighted by molar-refractivity contribution is -0.121. The fourth-order valence-electron chi connectivity index (χ4n) is 2.77. The molecular weight excluding hydrogens is 254 g/mol. The number of ether oxygens (including phenoxy) is 2. The van der Waals surface area contributed by atoms with E-state index >= 15 is 0 Å². The largest absolute Gasteiger partial charge is 0.490 e. The van der Waals surface area contributed by atoms with Crippen LogP contribution in [0.4, 0.5) is 0 Å². The van der Waals surface area contributed by atoms with Crippen molar-refractivity contribution in [2.24, 2.45) is 5.92 Å². The van der Waals surface area contributed by atoms with E-state index < -0.39 is 0 Å². The summed E-state index contributed by atoms with van der Waals surface area (Å²) in [6, 6.07) is 6.13. The molecule has 0 aromatic heterocycles. The van der Waals surface area contributed by atoms with Gasteiger partial charge in [0.05, 0.1) is 13.2 Å². The fourth-order valence-corrected chi connectivity index (χ4v) is 2.77. The molecule has 1 aliphatic carbocycles. The summed E-state index contributed by atoms with van der Waals surface area (Å²) in [6.07, 6.45) is 3.90. The Labute approximate surface area is 119 Å². The third-order valence-electron chi connectivity index (χ3n) is 4.07. The molecule has 1 saturated carbocycles. The molecule has 0 radical (unpaired) electrons. The number of carbonyl (C=O) groups is 1. The van der Waals surface area contributed by atoms with Gasteiger partial charge in [-0.15, -0.1) is 0 Å². The van der Waals surface area contributed by atoms with E-state index in [-0.39, 0.29) is 5.91 Å². The van der Waals surface area contributed by atoms with Crippen molar-refractivity contribution >= 4 is 5.91 Å². The highest BCUT2D eigenvalue weighted by molar-refractivity contribution is 5.76. The van der Waals surface area contributed by atoms with Crippen LogP contribution in [0.5, 0.6) is 11.5 Å². The van der Waals surface area contributed by atoms with Gasteiger partial charge in [0.25, 0.3) is 0 Å². The average Bonchev–Trinajstić information content (AvgIpc) is 3.30. The van der Waals surface area contributed by atoms with Crippen molar-refractivity contribution in [3.63, 3.8) is 0 Å². The van der Waals surface area contributed by atoms with E-state index in [1.54, 1.807) is 7.05 Å². The minimum atomic E-state index is 0.106. The molecule has 1 aliphatic heterocycles. The molecule has 1 aromatic rings. The maximum absolute atomic E-state index is 11.7. The van der Waals surface area contributed by atoms with Gasteiger partial charge < -0.3 is 14.8 Å². The molecule has 1 heterocycles. The molecule has 0 saturated heterocycles. The van der Waals surface area contributed by atoms with E-state index in [0.29, 0.717) is 31.5 Å². The second-order valence-electron chi connectivity index (χ2n) is 5.58. The van der Waals surface area contributed by atoms with Crippen LogP contribution in [0.3, 0.4) is 0 Å². The second kappa shape index (κ2) is 5.73. The highest BCUT2D eigenvalue weighted by Gasteiger charge is 2.34. The number of rotatable bonds is 4. The van der Waals surface area contributed by atoms with Crippen molar-refractivity contribution in [2.75, 3.05) is 20.3 Å². The summed E-state index contributed by atoms with van der Waals surface area (Å²) in [6.45, 7) is 1.40. The molecule has 1 unspecified atom stereocenters. The maximum atomic E-state index is 11.7. The van der Waals surface area contributed by atoms with Crippen LogP contribution >= 0.6 is 0 Å². The number of hydrogen-bond acceptors (Lipinski definition) is 3. The third-order valence-corrected chi connectivity index (χ3v) is 4.07. The topological polar surface area (TPSA) is 47.6 Å². The second-order valence-corrected chi connectivity index (χ2v) is 5.58. The van der Waals surface area contributed by atoms with Crippen molar-refractivity contribution in [2.45, 2.75) is 31.6 Å². The maximum Gasteiger partial charge on any atom is 0.220 e. The Kier molecular flexibility index (Phi) is 3.81. The Morgan fingerprint density at radius 3 is 2.75 bits per heavy atom. The van der Waals surface area contributed by atoms with Gasteiger partial charge in [-0.1, -0.05) is 6.07 Å². The minimum absolute atomic E-state index is 0.106. The zero-order valence-corrected chi connectivity index (χ0v) is 11.9. The predicted octanol–water partition coefficient (Wildman–Crippen LogP) is 2.48. The van der Waals surface area contributed by atoms with Crippen LogP contribution in [0.1, 0.15) is 37.2 Å². The van der Waals surface area contributed by atoms with Crippen LogP contribution in [-0.4, -0.2) is 26.2 Å². The van der Waals surface area contributed by atoms with E-state index in [2.05, 4.69) is 17.4 Å². The number of carbonyl (C=O) groups excluding carboxylic acids is 1. The molecule has 1 amide bonds. The first-order valence-electron chi connectivity index (χ1n) is 7.38. The SMILES string of the molecule is CNC(=O)CC(c1ccc2c(c1)OCCCO2)C1CC1. The van der Waals surface area contributed by atoms with Crippen LogP contribution in [0, 0.1) is 5.92 Å². The Balaban J connectivity index is 1.83. The van der Waals surface area contributed by atoms with Gasteiger partial charge in [0.2, 0.25) is 5.91 Å². The van der Waals surface area contributed by atoms with E-state index in [1.807, 2.05) is 6.07 Å². The van der Waals surface area contributed by atoms with E-state index in [4.69, 9.17) is 9.47 Å². The smallest absolute Gasteiger partial charge is 0.220 e. The fraction of sp³-hybridized carbons (Fsp3) is 0.562. The Bertz CT molecular complexity index is 496. The molecule has 1 fully saturated rings. The van der Waals surface area contributed by atoms with E-state index in [9.17, 15) is 4.79 Å². The first-order valence-corrected chi connectivity index (χ1v) is 7.38. The van der Waals surface area contributed by atoms with Gasteiger partial charge in [0, 0.05) is 19.9 Å². The van der Waals surface area contributed by atoms with Gasteiger partial charge in [-0.3, -0.25) is 4.79 Å². The first-order chi connectivity index (χ1) is 9.78. The van der Waals surface area contributed by atoms with Crippen LogP contribution in [0.2, 0.25) is 0 Å². The molecule has 1 N–H and O–H groups in total. The Hall–Kier alpha value is -1.71. The third kappa shape index (κ3) is 2.89. The number of benzene rings is 1. The van der Waals surface area contributed by atoms with Crippen LogP contribution in [-0.2, 0) is 4.79 Å². The van der Waals surface area contributed by atoms with Gasteiger partial charge in [-0.05, 0) is 42.4 Å². The minimum Gasteiger partial charge on any atom is -0.490 e. The highest BCUT2D eigenvalue weighted by Crippen LogP contribution is 2.46. The molecule has 0 bridgehead atoms. The predicted molar refractivity (Wildman–Crippen MR) is 76.2 cm³/mol. The molecule has 2 aliphatic rings. The number of hydrogen-bond donors (Lipinski definition) is 1. The standard InChI is InChI=1S/C16H21NO3/c1-17-16(18)10-13(11-3-4-11)12-5-6-14-15(9-12)20-8-2-7-19-14/h5-6,9,11,13H,2-4,7-8,10H2,1H3,(H,17,18). The summed E-state index contributed by atoms with van der Waals surface area (Å²) >= 11 is 0. The number of nitrogens with one attached hydrogen (secondary N) is 1. The normalized spacial score (nSPS) is 19.1. The zero-order chi connectivity index (χ0) is 13.9. The van der Waals surface area contributed by atoms with Crippen molar-refractivity contribution in [1.82, 2.24) is 5.32 Å². The summed E-state index contributed by atoms with van der Waals surface area (Å²) in [5, 5.41) is 2.73. The molecule has 20 heavy (non-hydrogen) atoms. The van der Waals surface area contributed by atoms with Crippen LogP contribution in [0.25, 0.3) is 0 Å². The number of amides is 1. The Morgan fingerprint density at radius 2 is 2.05 bits per heavy atom. The molecule has 4 heteroatoms. The molecule has 0 spiro atoms. The van der Waals surface area contributed by atoms with Gasteiger partial charge in [-0.25, -0.2) is 0 Å². The summed E-state index contributed by atoms with van der Waals surface area (Å²) in [7, 11) is 1.69. The van der Waals surface area contributed by atoms with Crippen molar-refractivity contribution in [3.8, 4) is 11.5 Å². The van der Waals surface area contributed by atoms with Crippen molar-refractivity contribution in [3.05, 3.63) is 23.8 Å². The first kappa shape index (κ1) is 13.3. The quantitative estimate of drug-likeness (QED) is 0.918. The lowest BCUT2D eigenvalue weighted by Gasteiger charge is -2.18. The van der Waals surface area contributed by atoms with Crippen molar-refractivity contribution in [1.29, 1.82) is 0 Å². The zero-order valence-electron chi connectivity index (χ0n) is 11.9.